The van der Waals surface area contributed by atoms with Gasteiger partial charge in [0.05, 0.1) is 18.8 Å². The number of amides is 2. The van der Waals surface area contributed by atoms with Gasteiger partial charge in [-0.25, -0.2) is 0 Å². The van der Waals surface area contributed by atoms with E-state index in [-0.39, 0.29) is 24.3 Å². The highest BCUT2D eigenvalue weighted by Gasteiger charge is 2.24. The molecule has 7 heteroatoms. The third-order valence-electron chi connectivity index (χ3n) is 5.32. The Morgan fingerprint density at radius 2 is 1.68 bits per heavy atom. The van der Waals surface area contributed by atoms with Crippen molar-refractivity contribution in [1.82, 2.24) is 10.6 Å². The molecule has 0 aliphatic carbocycles. The molecule has 2 unspecified atom stereocenters. The maximum Gasteiger partial charge on any atom is 0.243 e. The molecular weight excluding hydrogens is 430 g/mol. The molecule has 0 aliphatic rings. The lowest BCUT2D eigenvalue weighted by Crippen LogP contribution is -2.52. The number of ether oxygens (including phenoxy) is 1. The molecule has 34 heavy (non-hydrogen) atoms. The van der Waals surface area contributed by atoms with Crippen LogP contribution in [0.5, 0.6) is 5.75 Å². The first kappa shape index (κ1) is 25.1. The van der Waals surface area contributed by atoms with Crippen LogP contribution in [0.3, 0.4) is 0 Å². The van der Waals surface area contributed by atoms with Crippen LogP contribution in [0.4, 0.5) is 0 Å². The summed E-state index contributed by atoms with van der Waals surface area (Å²) in [6.45, 7) is 4.72. The van der Waals surface area contributed by atoms with Gasteiger partial charge in [-0.1, -0.05) is 56.3 Å². The molecule has 0 bridgehead atoms. The smallest absolute Gasteiger partial charge is 0.243 e. The summed E-state index contributed by atoms with van der Waals surface area (Å²) in [5, 5.41) is 5.65. The van der Waals surface area contributed by atoms with Crippen LogP contribution in [-0.2, 0) is 29.2 Å². The Kier molecular flexibility index (Phi) is 9.29. The lowest BCUT2D eigenvalue weighted by molar-refractivity contribution is -0.129. The number of nitrogens with two attached hydrogens (primary N) is 1. The molecule has 7 nitrogen and oxygen atoms in total. The highest BCUT2D eigenvalue weighted by atomic mass is 16.5. The number of nitrogens with one attached hydrogen (secondary N) is 2. The van der Waals surface area contributed by atoms with Gasteiger partial charge in [0.15, 0.2) is 0 Å². The minimum Gasteiger partial charge on any atom is -0.489 e. The number of carbonyl (C=O) groups excluding carboxylic acids is 2. The fourth-order valence-electron chi connectivity index (χ4n) is 3.51. The lowest BCUT2D eigenvalue weighted by Gasteiger charge is -2.21. The molecule has 0 saturated carbocycles. The van der Waals surface area contributed by atoms with E-state index in [0.29, 0.717) is 25.2 Å². The predicted octanol–water partition coefficient (Wildman–Crippen LogP) is 3.58. The van der Waals surface area contributed by atoms with Crippen molar-refractivity contribution in [2.75, 3.05) is 0 Å². The van der Waals surface area contributed by atoms with Crippen LogP contribution in [0, 0.1) is 5.92 Å². The second-order valence-electron chi connectivity index (χ2n) is 8.72. The summed E-state index contributed by atoms with van der Waals surface area (Å²) in [6.07, 6.45) is 2.41. The van der Waals surface area contributed by atoms with Gasteiger partial charge in [0.1, 0.15) is 24.2 Å². The van der Waals surface area contributed by atoms with E-state index in [1.165, 1.54) is 0 Å². The second kappa shape index (κ2) is 12.6. The van der Waals surface area contributed by atoms with Crippen LogP contribution < -0.4 is 21.1 Å². The number of furan rings is 1. The zero-order valence-electron chi connectivity index (χ0n) is 19.7. The van der Waals surface area contributed by atoms with Crippen molar-refractivity contribution < 1.29 is 18.7 Å². The highest BCUT2D eigenvalue weighted by Crippen LogP contribution is 2.16. The molecule has 0 radical (unpaired) electrons. The topological polar surface area (TPSA) is 107 Å². The van der Waals surface area contributed by atoms with E-state index in [0.717, 1.165) is 16.9 Å². The van der Waals surface area contributed by atoms with Gasteiger partial charge in [-0.2, -0.15) is 0 Å². The van der Waals surface area contributed by atoms with Gasteiger partial charge < -0.3 is 25.5 Å². The highest BCUT2D eigenvalue weighted by molar-refractivity contribution is 5.89. The van der Waals surface area contributed by atoms with E-state index in [9.17, 15) is 9.59 Å². The maximum atomic E-state index is 12.9. The zero-order valence-corrected chi connectivity index (χ0v) is 19.7. The molecule has 2 amide bonds. The van der Waals surface area contributed by atoms with E-state index in [2.05, 4.69) is 10.6 Å². The van der Waals surface area contributed by atoms with Crippen molar-refractivity contribution in [3.05, 3.63) is 89.9 Å². The fraction of sp³-hybridized carbons (Fsp3) is 0.333. The normalized spacial score (nSPS) is 12.7. The van der Waals surface area contributed by atoms with Crippen LogP contribution in [0.1, 0.15) is 37.2 Å². The van der Waals surface area contributed by atoms with Crippen LogP contribution in [0.15, 0.2) is 77.4 Å². The van der Waals surface area contributed by atoms with Crippen LogP contribution in [0.25, 0.3) is 0 Å². The maximum absolute atomic E-state index is 12.9. The Morgan fingerprint density at radius 1 is 0.941 bits per heavy atom. The molecule has 4 N–H and O–H groups in total. The number of rotatable bonds is 12. The molecule has 0 saturated heterocycles. The molecule has 0 spiro atoms. The summed E-state index contributed by atoms with van der Waals surface area (Å²) in [5.41, 5.74) is 8.01. The van der Waals surface area contributed by atoms with Crippen molar-refractivity contribution in [2.45, 2.75) is 51.9 Å². The molecule has 3 aromatic rings. The summed E-state index contributed by atoms with van der Waals surface area (Å²) in [7, 11) is 0. The molecule has 180 valence electrons. The van der Waals surface area contributed by atoms with E-state index < -0.39 is 12.1 Å². The molecule has 0 fully saturated rings. The summed E-state index contributed by atoms with van der Waals surface area (Å²) < 4.78 is 11.1. The minimum atomic E-state index is -0.767. The average Bonchev–Trinajstić information content (AvgIpc) is 3.35. The Balaban J connectivity index is 1.62. The quantitative estimate of drug-likeness (QED) is 0.381. The molecule has 2 aromatic carbocycles. The van der Waals surface area contributed by atoms with E-state index in [1.54, 1.807) is 18.4 Å². The van der Waals surface area contributed by atoms with Gasteiger partial charge in [0.2, 0.25) is 11.8 Å². The largest absolute Gasteiger partial charge is 0.489 e. The number of hydrogen-bond donors (Lipinski definition) is 3. The van der Waals surface area contributed by atoms with Gasteiger partial charge in [-0.05, 0) is 47.7 Å². The standard InChI is InChI=1S/C27H33N3O4/c1-19(2)15-24(28)26(31)30-25(27(32)29-17-23-9-6-14-33-23)16-20-10-12-22(13-11-20)34-18-21-7-4-3-5-8-21/h3-14,19,24-25H,15-18,28H2,1-2H3,(H,29,32)(H,30,31). The Hall–Kier alpha value is -3.58. The molecule has 2 atom stereocenters. The first-order valence-corrected chi connectivity index (χ1v) is 11.5. The zero-order chi connectivity index (χ0) is 24.3. The summed E-state index contributed by atoms with van der Waals surface area (Å²) in [4.78, 5) is 25.6. The van der Waals surface area contributed by atoms with Crippen LogP contribution >= 0.6 is 0 Å². The van der Waals surface area contributed by atoms with Gasteiger partial charge in [-0.15, -0.1) is 0 Å². The van der Waals surface area contributed by atoms with Gasteiger partial charge in [-0.3, -0.25) is 9.59 Å². The van der Waals surface area contributed by atoms with E-state index in [4.69, 9.17) is 14.9 Å². The van der Waals surface area contributed by atoms with Gasteiger partial charge >= 0.3 is 0 Å². The number of hydrogen-bond acceptors (Lipinski definition) is 5. The SMILES string of the molecule is CC(C)CC(N)C(=O)NC(Cc1ccc(OCc2ccccc2)cc1)C(=O)NCc1ccco1. The average molecular weight is 464 g/mol. The Bertz CT molecular complexity index is 1020. The second-order valence-corrected chi connectivity index (χ2v) is 8.72. The predicted molar refractivity (Wildman–Crippen MR) is 131 cm³/mol. The summed E-state index contributed by atoms with van der Waals surface area (Å²) in [5.74, 6) is 1.00. The van der Waals surface area contributed by atoms with Crippen molar-refractivity contribution >= 4 is 11.8 Å². The first-order valence-electron chi connectivity index (χ1n) is 11.5. The van der Waals surface area contributed by atoms with Crippen LogP contribution in [-0.4, -0.2) is 23.9 Å². The first-order chi connectivity index (χ1) is 16.4. The molecule has 1 heterocycles. The third-order valence-corrected chi connectivity index (χ3v) is 5.32. The van der Waals surface area contributed by atoms with Crippen molar-refractivity contribution in [3.8, 4) is 5.75 Å². The van der Waals surface area contributed by atoms with Crippen molar-refractivity contribution in [3.63, 3.8) is 0 Å². The van der Waals surface area contributed by atoms with Crippen molar-refractivity contribution in [1.29, 1.82) is 0 Å². The molecule has 1 aromatic heterocycles. The minimum absolute atomic E-state index is 0.239. The van der Waals surface area contributed by atoms with Gasteiger partial charge in [0, 0.05) is 6.42 Å². The molecule has 3 rings (SSSR count). The molecular formula is C27H33N3O4. The van der Waals surface area contributed by atoms with Crippen LogP contribution in [0.2, 0.25) is 0 Å². The lowest BCUT2D eigenvalue weighted by atomic mass is 10.0. The van der Waals surface area contributed by atoms with E-state index in [1.807, 2.05) is 68.4 Å². The Morgan fingerprint density at radius 3 is 2.32 bits per heavy atom. The molecule has 0 aliphatic heterocycles. The summed E-state index contributed by atoms with van der Waals surface area (Å²) in [6, 6.07) is 19.5. The Labute approximate surface area is 200 Å². The third kappa shape index (κ3) is 8.08. The van der Waals surface area contributed by atoms with E-state index >= 15 is 0 Å². The summed E-state index contributed by atoms with van der Waals surface area (Å²) >= 11 is 0. The fourth-order valence-corrected chi connectivity index (χ4v) is 3.51. The number of benzene rings is 2. The number of carbonyl (C=O) groups is 2. The van der Waals surface area contributed by atoms with Crippen molar-refractivity contribution in [2.24, 2.45) is 11.7 Å². The van der Waals surface area contributed by atoms with Gasteiger partial charge in [0.25, 0.3) is 0 Å². The monoisotopic (exact) mass is 463 g/mol.